The Bertz CT molecular complexity index is 659. The lowest BCUT2D eigenvalue weighted by Crippen LogP contribution is -2.40. The van der Waals surface area contributed by atoms with Crippen LogP contribution in [0.25, 0.3) is 10.2 Å². The highest BCUT2D eigenvalue weighted by Crippen LogP contribution is 2.32. The van der Waals surface area contributed by atoms with Crippen LogP contribution in [0.4, 0.5) is 5.13 Å². The average Bonchev–Trinajstić information content (AvgIpc) is 2.95. The first-order valence-electron chi connectivity index (χ1n) is 8.07. The minimum absolute atomic E-state index is 0.166. The van der Waals surface area contributed by atoms with Crippen LogP contribution in [0.15, 0.2) is 18.2 Å². The summed E-state index contributed by atoms with van der Waals surface area (Å²) in [5.74, 6) is 0.390. The van der Waals surface area contributed by atoms with Gasteiger partial charge in [-0.3, -0.25) is 4.79 Å². The van der Waals surface area contributed by atoms with Crippen molar-refractivity contribution in [3.05, 3.63) is 23.8 Å². The van der Waals surface area contributed by atoms with E-state index in [1.54, 1.807) is 11.3 Å². The maximum absolute atomic E-state index is 12.0. The van der Waals surface area contributed by atoms with Gasteiger partial charge >= 0.3 is 0 Å². The van der Waals surface area contributed by atoms with E-state index in [1.165, 1.54) is 10.3 Å². The molecule has 1 N–H and O–H groups in total. The highest BCUT2D eigenvalue weighted by Gasteiger charge is 2.26. The van der Waals surface area contributed by atoms with E-state index >= 15 is 0 Å². The molecule has 0 unspecified atom stereocenters. The van der Waals surface area contributed by atoms with Crippen LogP contribution >= 0.6 is 11.3 Å². The van der Waals surface area contributed by atoms with E-state index in [2.05, 4.69) is 42.3 Å². The molecule has 1 aromatic heterocycles. The quantitative estimate of drug-likeness (QED) is 0.940. The van der Waals surface area contributed by atoms with Crippen molar-refractivity contribution in [1.29, 1.82) is 0 Å². The number of amides is 1. The van der Waals surface area contributed by atoms with Crippen molar-refractivity contribution < 1.29 is 4.79 Å². The lowest BCUT2D eigenvalue weighted by molar-refractivity contribution is -0.125. The van der Waals surface area contributed by atoms with Crippen LogP contribution in [-0.4, -0.2) is 30.5 Å². The van der Waals surface area contributed by atoms with Gasteiger partial charge in [0.25, 0.3) is 0 Å². The summed E-state index contributed by atoms with van der Waals surface area (Å²) in [6, 6.07) is 6.40. The van der Waals surface area contributed by atoms with Crippen molar-refractivity contribution in [2.24, 2.45) is 5.92 Å². The molecule has 0 atom stereocenters. The van der Waals surface area contributed by atoms with Crippen molar-refractivity contribution in [2.45, 2.75) is 33.1 Å². The maximum atomic E-state index is 12.0. The topological polar surface area (TPSA) is 45.2 Å². The summed E-state index contributed by atoms with van der Waals surface area (Å²) >= 11 is 1.76. The smallest absolute Gasteiger partial charge is 0.223 e. The third-order valence-electron chi connectivity index (χ3n) is 4.22. The van der Waals surface area contributed by atoms with E-state index < -0.39 is 0 Å². The molecule has 4 nitrogen and oxygen atoms in total. The number of fused-ring (bicyclic) bond motifs is 1. The number of aromatic nitrogens is 1. The lowest BCUT2D eigenvalue weighted by Gasteiger charge is -2.31. The molecule has 5 heteroatoms. The second kappa shape index (κ2) is 6.65. The Labute approximate surface area is 135 Å². The molecule has 2 heterocycles. The Morgan fingerprint density at radius 2 is 2.18 bits per heavy atom. The molecule has 2 aromatic rings. The van der Waals surface area contributed by atoms with Crippen LogP contribution in [0.3, 0.4) is 0 Å². The predicted molar refractivity (Wildman–Crippen MR) is 92.6 cm³/mol. The second-order valence-electron chi connectivity index (χ2n) is 6.02. The molecule has 1 fully saturated rings. The van der Waals surface area contributed by atoms with E-state index in [0.717, 1.165) is 49.5 Å². The molecule has 1 amide bonds. The minimum atomic E-state index is 0.166. The third-order valence-corrected chi connectivity index (χ3v) is 5.30. The molecular weight excluding hydrogens is 294 g/mol. The number of hydrogen-bond donors (Lipinski definition) is 1. The molecule has 0 spiro atoms. The van der Waals surface area contributed by atoms with Gasteiger partial charge in [0.2, 0.25) is 5.91 Å². The molecule has 118 valence electrons. The summed E-state index contributed by atoms with van der Waals surface area (Å²) in [4.78, 5) is 19.1. The van der Waals surface area contributed by atoms with Gasteiger partial charge in [0.15, 0.2) is 5.13 Å². The Kier molecular flexibility index (Phi) is 4.62. The Balaban J connectivity index is 1.64. The average molecular weight is 317 g/mol. The zero-order chi connectivity index (χ0) is 15.5. The minimum Gasteiger partial charge on any atom is -0.356 e. The molecule has 1 aliphatic rings. The summed E-state index contributed by atoms with van der Waals surface area (Å²) in [6.45, 7) is 6.82. The molecule has 1 saturated heterocycles. The number of piperidine rings is 1. The number of hydrogen-bond acceptors (Lipinski definition) is 4. The van der Waals surface area contributed by atoms with Crippen LogP contribution in [0.2, 0.25) is 0 Å². The van der Waals surface area contributed by atoms with Crippen LogP contribution < -0.4 is 10.2 Å². The maximum Gasteiger partial charge on any atom is 0.223 e. The first kappa shape index (κ1) is 15.3. The van der Waals surface area contributed by atoms with Crippen molar-refractivity contribution in [2.75, 3.05) is 24.5 Å². The van der Waals surface area contributed by atoms with Gasteiger partial charge in [-0.15, -0.1) is 0 Å². The first-order chi connectivity index (χ1) is 10.7. The third kappa shape index (κ3) is 3.24. The standard InChI is InChI=1S/C17H23N3OS/c1-3-8-18-16(21)13-6-9-20(10-7-13)17-19-14-5-4-12(2)11-15(14)22-17/h4-5,11,13H,3,6-10H2,1-2H3,(H,18,21). The van der Waals surface area contributed by atoms with Crippen molar-refractivity contribution in [1.82, 2.24) is 10.3 Å². The van der Waals surface area contributed by atoms with Crippen LogP contribution in [0, 0.1) is 12.8 Å². The fraction of sp³-hybridized carbons (Fsp3) is 0.529. The summed E-state index contributed by atoms with van der Waals surface area (Å²) in [6.07, 6.45) is 2.84. The zero-order valence-electron chi connectivity index (χ0n) is 13.3. The molecule has 1 aromatic carbocycles. The number of aryl methyl sites for hydroxylation is 1. The fourth-order valence-electron chi connectivity index (χ4n) is 2.88. The molecule has 0 saturated carbocycles. The van der Waals surface area contributed by atoms with Crippen LogP contribution in [0.5, 0.6) is 0 Å². The number of carbonyl (C=O) groups is 1. The molecule has 1 aliphatic heterocycles. The van der Waals surface area contributed by atoms with Crippen molar-refractivity contribution in [3.63, 3.8) is 0 Å². The molecule has 0 bridgehead atoms. The van der Waals surface area contributed by atoms with E-state index in [1.807, 2.05) is 0 Å². The number of rotatable bonds is 4. The monoisotopic (exact) mass is 317 g/mol. The van der Waals surface area contributed by atoms with Gasteiger partial charge in [0.1, 0.15) is 0 Å². The number of carbonyl (C=O) groups excluding carboxylic acids is 1. The van der Waals surface area contributed by atoms with E-state index in [-0.39, 0.29) is 11.8 Å². The predicted octanol–water partition coefficient (Wildman–Crippen LogP) is 3.35. The van der Waals surface area contributed by atoms with Crippen LogP contribution in [-0.2, 0) is 4.79 Å². The van der Waals surface area contributed by atoms with Crippen LogP contribution in [0.1, 0.15) is 31.7 Å². The Morgan fingerprint density at radius 1 is 1.41 bits per heavy atom. The largest absolute Gasteiger partial charge is 0.356 e. The molecule has 0 radical (unpaired) electrons. The van der Waals surface area contributed by atoms with Gasteiger partial charge < -0.3 is 10.2 Å². The van der Waals surface area contributed by atoms with Crippen molar-refractivity contribution >= 4 is 32.6 Å². The van der Waals surface area contributed by atoms with Gasteiger partial charge in [-0.2, -0.15) is 0 Å². The summed E-state index contributed by atoms with van der Waals surface area (Å²) in [5.41, 5.74) is 2.35. The van der Waals surface area contributed by atoms with E-state index in [9.17, 15) is 4.79 Å². The summed E-state index contributed by atoms with van der Waals surface area (Å²) in [7, 11) is 0. The van der Waals surface area contributed by atoms with Gasteiger partial charge in [0.05, 0.1) is 10.2 Å². The number of nitrogens with zero attached hydrogens (tertiary/aromatic N) is 2. The number of nitrogens with one attached hydrogen (secondary N) is 1. The number of anilines is 1. The number of benzene rings is 1. The van der Waals surface area contributed by atoms with Gasteiger partial charge in [-0.1, -0.05) is 24.3 Å². The van der Waals surface area contributed by atoms with E-state index in [4.69, 9.17) is 4.98 Å². The second-order valence-corrected chi connectivity index (χ2v) is 7.03. The molecule has 3 rings (SSSR count). The van der Waals surface area contributed by atoms with E-state index in [0.29, 0.717) is 0 Å². The van der Waals surface area contributed by atoms with Gasteiger partial charge in [-0.25, -0.2) is 4.98 Å². The summed E-state index contributed by atoms with van der Waals surface area (Å²) in [5, 5.41) is 4.10. The SMILES string of the molecule is CCCNC(=O)C1CCN(c2nc3ccc(C)cc3s2)CC1. The molecular formula is C17H23N3OS. The lowest BCUT2D eigenvalue weighted by atomic mass is 9.96. The summed E-state index contributed by atoms with van der Waals surface area (Å²) < 4.78 is 1.25. The fourth-order valence-corrected chi connectivity index (χ4v) is 4.00. The first-order valence-corrected chi connectivity index (χ1v) is 8.89. The zero-order valence-corrected chi connectivity index (χ0v) is 14.1. The Morgan fingerprint density at radius 3 is 2.91 bits per heavy atom. The Hall–Kier alpha value is -1.62. The number of thiazole rings is 1. The van der Waals surface area contributed by atoms with Crippen molar-refractivity contribution in [3.8, 4) is 0 Å². The highest BCUT2D eigenvalue weighted by molar-refractivity contribution is 7.22. The van der Waals surface area contributed by atoms with Gasteiger partial charge in [-0.05, 0) is 43.9 Å². The van der Waals surface area contributed by atoms with Gasteiger partial charge in [0, 0.05) is 25.6 Å². The highest BCUT2D eigenvalue weighted by atomic mass is 32.1. The normalized spacial score (nSPS) is 16.2. The molecule has 22 heavy (non-hydrogen) atoms. The molecule has 0 aliphatic carbocycles.